The van der Waals surface area contributed by atoms with Crippen molar-refractivity contribution >= 4 is 18.3 Å². The average molecular weight is 329 g/mol. The van der Waals surface area contributed by atoms with Gasteiger partial charge in [0.2, 0.25) is 5.91 Å². The third-order valence-electron chi connectivity index (χ3n) is 3.97. The topological polar surface area (TPSA) is 59.6 Å². The highest BCUT2D eigenvalue weighted by molar-refractivity contribution is 5.85. The van der Waals surface area contributed by atoms with E-state index in [0.717, 1.165) is 30.5 Å². The second kappa shape index (κ2) is 8.25. The van der Waals surface area contributed by atoms with Crippen LogP contribution in [0.25, 0.3) is 0 Å². The van der Waals surface area contributed by atoms with Crippen molar-refractivity contribution in [1.29, 1.82) is 0 Å². The third-order valence-corrected chi connectivity index (χ3v) is 3.97. The van der Waals surface area contributed by atoms with Gasteiger partial charge in [0, 0.05) is 0 Å². The maximum absolute atomic E-state index is 12.2. The summed E-state index contributed by atoms with van der Waals surface area (Å²) in [7, 11) is 3.23. The number of hydrogen-bond donors (Lipinski definition) is 2. The maximum atomic E-state index is 12.2. The number of aryl methyl sites for hydroxylation is 1. The number of hydrogen-bond acceptors (Lipinski definition) is 4. The van der Waals surface area contributed by atoms with Crippen molar-refractivity contribution in [3.63, 3.8) is 0 Å². The summed E-state index contributed by atoms with van der Waals surface area (Å²) < 4.78 is 10.6. The van der Waals surface area contributed by atoms with Crippen molar-refractivity contribution in [2.24, 2.45) is 0 Å². The number of nitrogens with one attached hydrogen (secondary N) is 2. The molecule has 2 rings (SSSR count). The van der Waals surface area contributed by atoms with Crippen molar-refractivity contribution in [3.8, 4) is 11.5 Å². The largest absolute Gasteiger partial charge is 0.493 e. The number of benzene rings is 1. The minimum Gasteiger partial charge on any atom is -0.493 e. The summed E-state index contributed by atoms with van der Waals surface area (Å²) in [6.07, 6.45) is 1.96. The SMILES string of the molecule is COc1cc(C)c(C(C)NC(=O)C2CCCN2)cc1OC.Cl. The van der Waals surface area contributed by atoms with E-state index in [4.69, 9.17) is 9.47 Å². The van der Waals surface area contributed by atoms with Gasteiger partial charge < -0.3 is 20.1 Å². The van der Waals surface area contributed by atoms with Gasteiger partial charge in [-0.2, -0.15) is 0 Å². The molecular formula is C16H25ClN2O3. The van der Waals surface area contributed by atoms with Crippen molar-refractivity contribution in [2.75, 3.05) is 20.8 Å². The number of methoxy groups -OCH3 is 2. The first-order chi connectivity index (χ1) is 10.1. The molecule has 0 aromatic heterocycles. The first-order valence-electron chi connectivity index (χ1n) is 7.33. The van der Waals surface area contributed by atoms with E-state index >= 15 is 0 Å². The van der Waals surface area contributed by atoms with E-state index in [0.29, 0.717) is 11.5 Å². The minimum atomic E-state index is -0.0697. The number of rotatable bonds is 5. The number of carbonyl (C=O) groups excluding carboxylic acids is 1. The van der Waals surface area contributed by atoms with E-state index in [-0.39, 0.29) is 30.4 Å². The molecule has 0 spiro atoms. The molecule has 1 aliphatic heterocycles. The predicted octanol–water partition coefficient (Wildman–Crippen LogP) is 2.36. The minimum absolute atomic E-state index is 0. The lowest BCUT2D eigenvalue weighted by molar-refractivity contribution is -0.123. The van der Waals surface area contributed by atoms with E-state index in [1.165, 1.54) is 0 Å². The van der Waals surface area contributed by atoms with Crippen LogP contribution >= 0.6 is 12.4 Å². The Bertz CT molecular complexity index is 516. The molecule has 1 saturated heterocycles. The molecule has 6 heteroatoms. The fourth-order valence-electron chi connectivity index (χ4n) is 2.76. The van der Waals surface area contributed by atoms with Crippen LogP contribution in [0.3, 0.4) is 0 Å². The molecule has 124 valence electrons. The number of halogens is 1. The molecule has 2 unspecified atom stereocenters. The number of ether oxygens (including phenoxy) is 2. The van der Waals surface area contributed by atoms with E-state index < -0.39 is 0 Å². The Labute approximate surface area is 138 Å². The molecule has 1 fully saturated rings. The summed E-state index contributed by atoms with van der Waals surface area (Å²) in [5.74, 6) is 1.45. The van der Waals surface area contributed by atoms with Gasteiger partial charge in [-0.3, -0.25) is 4.79 Å². The predicted molar refractivity (Wildman–Crippen MR) is 89.1 cm³/mol. The Balaban J connectivity index is 0.00000242. The van der Waals surface area contributed by atoms with Gasteiger partial charge in [-0.1, -0.05) is 0 Å². The Morgan fingerprint density at radius 2 is 1.95 bits per heavy atom. The molecule has 0 bridgehead atoms. The van der Waals surface area contributed by atoms with Gasteiger partial charge in [-0.05, 0) is 56.5 Å². The lowest BCUT2D eigenvalue weighted by Gasteiger charge is -2.21. The molecule has 1 heterocycles. The molecular weight excluding hydrogens is 304 g/mol. The van der Waals surface area contributed by atoms with Gasteiger partial charge in [0.05, 0.1) is 26.3 Å². The van der Waals surface area contributed by atoms with Crippen LogP contribution < -0.4 is 20.1 Å². The van der Waals surface area contributed by atoms with E-state index in [1.807, 2.05) is 26.0 Å². The normalized spacial score (nSPS) is 18.3. The fourth-order valence-corrected chi connectivity index (χ4v) is 2.76. The van der Waals surface area contributed by atoms with Crippen LogP contribution in [0.1, 0.15) is 36.9 Å². The number of carbonyl (C=O) groups is 1. The van der Waals surface area contributed by atoms with Crippen molar-refractivity contribution in [1.82, 2.24) is 10.6 Å². The highest BCUT2D eigenvalue weighted by atomic mass is 35.5. The Morgan fingerprint density at radius 3 is 2.50 bits per heavy atom. The molecule has 0 radical (unpaired) electrons. The maximum Gasteiger partial charge on any atom is 0.237 e. The van der Waals surface area contributed by atoms with Gasteiger partial charge in [-0.15, -0.1) is 12.4 Å². The number of amides is 1. The lowest BCUT2D eigenvalue weighted by Crippen LogP contribution is -2.41. The van der Waals surface area contributed by atoms with Gasteiger partial charge >= 0.3 is 0 Å². The van der Waals surface area contributed by atoms with Crippen LogP contribution in [-0.4, -0.2) is 32.7 Å². The van der Waals surface area contributed by atoms with Crippen LogP contribution in [0.4, 0.5) is 0 Å². The van der Waals surface area contributed by atoms with Crippen molar-refractivity contribution in [3.05, 3.63) is 23.3 Å². The monoisotopic (exact) mass is 328 g/mol. The van der Waals surface area contributed by atoms with Crippen LogP contribution in [0.2, 0.25) is 0 Å². The van der Waals surface area contributed by atoms with Gasteiger partial charge in [0.1, 0.15) is 0 Å². The summed E-state index contributed by atoms with van der Waals surface area (Å²) >= 11 is 0. The zero-order chi connectivity index (χ0) is 15.4. The first-order valence-corrected chi connectivity index (χ1v) is 7.33. The summed E-state index contributed by atoms with van der Waals surface area (Å²) in [6.45, 7) is 4.91. The van der Waals surface area contributed by atoms with Crippen molar-refractivity contribution in [2.45, 2.75) is 38.8 Å². The Kier molecular flexibility index (Phi) is 6.97. The quantitative estimate of drug-likeness (QED) is 0.871. The second-order valence-electron chi connectivity index (χ2n) is 5.44. The molecule has 1 amide bonds. The van der Waals surface area contributed by atoms with Crippen molar-refractivity contribution < 1.29 is 14.3 Å². The fraction of sp³-hybridized carbons (Fsp3) is 0.562. The zero-order valence-corrected chi connectivity index (χ0v) is 14.4. The van der Waals surface area contributed by atoms with E-state index in [9.17, 15) is 4.79 Å². The van der Waals surface area contributed by atoms with E-state index in [2.05, 4.69) is 10.6 Å². The van der Waals surface area contributed by atoms with Crippen LogP contribution in [0.5, 0.6) is 11.5 Å². The lowest BCUT2D eigenvalue weighted by atomic mass is 10.0. The molecule has 2 N–H and O–H groups in total. The summed E-state index contributed by atoms with van der Waals surface area (Å²) in [5, 5.41) is 6.28. The molecule has 0 aliphatic carbocycles. The third kappa shape index (κ3) is 4.05. The second-order valence-corrected chi connectivity index (χ2v) is 5.44. The molecule has 22 heavy (non-hydrogen) atoms. The van der Waals surface area contributed by atoms with Crippen LogP contribution in [0.15, 0.2) is 12.1 Å². The van der Waals surface area contributed by atoms with Gasteiger partial charge in [0.15, 0.2) is 11.5 Å². The zero-order valence-electron chi connectivity index (χ0n) is 13.6. The highest BCUT2D eigenvalue weighted by Crippen LogP contribution is 2.32. The molecule has 0 saturated carbocycles. The molecule has 5 nitrogen and oxygen atoms in total. The Morgan fingerprint density at radius 1 is 1.32 bits per heavy atom. The van der Waals surface area contributed by atoms with Crippen LogP contribution in [-0.2, 0) is 4.79 Å². The van der Waals surface area contributed by atoms with Gasteiger partial charge in [0.25, 0.3) is 0 Å². The summed E-state index contributed by atoms with van der Waals surface area (Å²) in [5.41, 5.74) is 2.11. The van der Waals surface area contributed by atoms with Gasteiger partial charge in [-0.25, -0.2) is 0 Å². The highest BCUT2D eigenvalue weighted by Gasteiger charge is 2.24. The average Bonchev–Trinajstić information content (AvgIpc) is 3.00. The summed E-state index contributed by atoms with van der Waals surface area (Å²) in [4.78, 5) is 12.2. The molecule has 1 aromatic carbocycles. The smallest absolute Gasteiger partial charge is 0.237 e. The standard InChI is InChI=1S/C16H24N2O3.ClH/c1-10-8-14(20-3)15(21-4)9-12(10)11(2)18-16(19)13-6-5-7-17-13;/h8-9,11,13,17H,5-7H2,1-4H3,(H,18,19);1H. The summed E-state index contributed by atoms with van der Waals surface area (Å²) in [6, 6.07) is 3.74. The molecule has 1 aliphatic rings. The molecule has 2 atom stereocenters. The first kappa shape index (κ1) is 18.6. The molecule has 1 aromatic rings. The Hall–Kier alpha value is -1.46. The van der Waals surface area contributed by atoms with Crippen LogP contribution in [0, 0.1) is 6.92 Å². The van der Waals surface area contributed by atoms with E-state index in [1.54, 1.807) is 14.2 Å².